The van der Waals surface area contributed by atoms with Gasteiger partial charge in [-0.1, -0.05) is 29.3 Å². The molecule has 0 saturated carbocycles. The first-order valence-electron chi connectivity index (χ1n) is 13.5. The van der Waals surface area contributed by atoms with Crippen LogP contribution < -0.4 is 19.6 Å². The third-order valence-electron chi connectivity index (χ3n) is 6.68. The Bertz CT molecular complexity index is 1800. The van der Waals surface area contributed by atoms with E-state index in [2.05, 4.69) is 57.0 Å². The van der Waals surface area contributed by atoms with Crippen LogP contribution in [0.2, 0.25) is 10.0 Å². The Labute approximate surface area is 273 Å². The predicted molar refractivity (Wildman–Crippen MR) is 175 cm³/mol. The predicted octanol–water partition coefficient (Wildman–Crippen LogP) is 8.69. The van der Waals surface area contributed by atoms with Gasteiger partial charge in [0.15, 0.2) is 17.3 Å². The Morgan fingerprint density at radius 2 is 1.68 bits per heavy atom. The number of halogens is 3. The highest BCUT2D eigenvalue weighted by molar-refractivity contribution is 9.10. The van der Waals surface area contributed by atoms with Gasteiger partial charge in [-0.15, -0.1) is 0 Å². The molecule has 44 heavy (non-hydrogen) atoms. The number of carbonyl (C=O) groups is 1. The van der Waals surface area contributed by atoms with Crippen molar-refractivity contribution >= 4 is 51.3 Å². The maximum Gasteiger partial charge on any atom is 0.307 e. The molecule has 0 radical (unpaired) electrons. The highest BCUT2D eigenvalue weighted by atomic mass is 79.9. The number of ether oxygens (including phenoxy) is 3. The molecule has 0 aliphatic heterocycles. The molecule has 2 heterocycles. The van der Waals surface area contributed by atoms with Crippen molar-refractivity contribution in [2.75, 3.05) is 7.11 Å². The van der Waals surface area contributed by atoms with Crippen molar-refractivity contribution < 1.29 is 23.4 Å². The van der Waals surface area contributed by atoms with Crippen LogP contribution in [-0.2, 0) is 13.2 Å². The summed E-state index contributed by atoms with van der Waals surface area (Å²) in [6.07, 6.45) is 1.48. The maximum absolute atomic E-state index is 12.6. The van der Waals surface area contributed by atoms with Crippen LogP contribution in [0.4, 0.5) is 0 Å². The number of nitrogens with one attached hydrogen (secondary N) is 1. The van der Waals surface area contributed by atoms with Crippen LogP contribution in [0.5, 0.6) is 17.2 Å². The summed E-state index contributed by atoms with van der Waals surface area (Å²) in [6, 6.07) is 23.9. The van der Waals surface area contributed by atoms with Crippen molar-refractivity contribution in [2.24, 2.45) is 5.10 Å². The third-order valence-corrected chi connectivity index (χ3v) is 7.96. The van der Waals surface area contributed by atoms with E-state index in [0.29, 0.717) is 43.1 Å². The van der Waals surface area contributed by atoms with Crippen LogP contribution in [-0.4, -0.2) is 23.8 Å². The summed E-state index contributed by atoms with van der Waals surface area (Å²) in [5.41, 5.74) is 7.29. The normalized spacial score (nSPS) is 11.1. The molecule has 2 aromatic heterocycles. The average molecular weight is 697 g/mol. The van der Waals surface area contributed by atoms with Crippen LogP contribution in [0.15, 0.2) is 92.9 Å². The van der Waals surface area contributed by atoms with E-state index in [-0.39, 0.29) is 19.0 Å². The molecule has 226 valence electrons. The summed E-state index contributed by atoms with van der Waals surface area (Å²) >= 11 is 15.7. The van der Waals surface area contributed by atoms with E-state index in [1.807, 2.05) is 24.3 Å². The summed E-state index contributed by atoms with van der Waals surface area (Å²) in [5.74, 6) is 1.77. The molecule has 0 aliphatic carbocycles. The van der Waals surface area contributed by atoms with Crippen molar-refractivity contribution in [1.82, 2.24) is 9.99 Å². The van der Waals surface area contributed by atoms with E-state index in [4.69, 9.17) is 41.8 Å². The minimum Gasteiger partial charge on any atom is -0.493 e. The summed E-state index contributed by atoms with van der Waals surface area (Å²) in [6.45, 7) is 4.53. The van der Waals surface area contributed by atoms with Gasteiger partial charge in [0, 0.05) is 42.7 Å². The molecule has 1 amide bonds. The molecule has 0 atom stereocenters. The van der Waals surface area contributed by atoms with Crippen LogP contribution in [0, 0.1) is 13.8 Å². The van der Waals surface area contributed by atoms with Crippen LogP contribution in [0.1, 0.15) is 38.8 Å². The number of benzene rings is 3. The first-order valence-corrected chi connectivity index (χ1v) is 15.0. The van der Waals surface area contributed by atoms with E-state index in [0.717, 1.165) is 22.6 Å². The molecule has 0 saturated heterocycles. The molecule has 0 aliphatic rings. The largest absolute Gasteiger partial charge is 0.493 e. The number of methoxy groups -OCH3 is 1. The number of amides is 1. The van der Waals surface area contributed by atoms with Gasteiger partial charge < -0.3 is 23.2 Å². The molecule has 8 nitrogen and oxygen atoms in total. The zero-order chi connectivity index (χ0) is 31.2. The van der Waals surface area contributed by atoms with E-state index < -0.39 is 5.91 Å². The number of nitrogens with zero attached hydrogens (tertiary/aromatic N) is 2. The smallest absolute Gasteiger partial charge is 0.307 e. The second kappa shape index (κ2) is 14.1. The molecule has 0 unspecified atom stereocenters. The third kappa shape index (κ3) is 7.48. The molecule has 1 N–H and O–H groups in total. The maximum atomic E-state index is 12.6. The second-order valence-corrected chi connectivity index (χ2v) is 11.4. The Morgan fingerprint density at radius 1 is 0.932 bits per heavy atom. The number of hydrazone groups is 1. The molecule has 5 rings (SSSR count). The number of aromatic nitrogens is 1. The number of hydrogen-bond acceptors (Lipinski definition) is 6. The van der Waals surface area contributed by atoms with Crippen molar-refractivity contribution in [1.29, 1.82) is 0 Å². The van der Waals surface area contributed by atoms with Gasteiger partial charge in [0.1, 0.15) is 24.7 Å². The lowest BCUT2D eigenvalue weighted by Gasteiger charge is -2.13. The zero-order valence-corrected chi connectivity index (χ0v) is 27.2. The van der Waals surface area contributed by atoms with E-state index in [1.165, 1.54) is 13.3 Å². The van der Waals surface area contributed by atoms with Crippen molar-refractivity contribution in [3.8, 4) is 22.9 Å². The first-order chi connectivity index (χ1) is 21.2. The Hall–Kier alpha value is -4.18. The Kier molecular flexibility index (Phi) is 9.99. The van der Waals surface area contributed by atoms with Gasteiger partial charge in [-0.3, -0.25) is 4.79 Å². The summed E-state index contributed by atoms with van der Waals surface area (Å²) in [5, 5.41) is 5.13. The summed E-state index contributed by atoms with van der Waals surface area (Å²) < 4.78 is 25.8. The minimum absolute atomic E-state index is 0.107. The van der Waals surface area contributed by atoms with Gasteiger partial charge in [-0.25, -0.2) is 5.43 Å². The molecule has 0 bridgehead atoms. The number of rotatable bonds is 11. The highest BCUT2D eigenvalue weighted by Crippen LogP contribution is 2.34. The standard InChI is InChI=1S/C33H28BrCl2N3O5/c1-20-4-5-21(2)39(20)25-8-10-26(11-9-25)42-19-27-12-13-30(44-27)33(40)38-37-17-23-14-31(41-3)32(16-28(23)34)43-18-22-6-7-24(35)15-29(22)36/h4-17H,18-19H2,1-3H3,(H,38,40)/b37-17+. The van der Waals surface area contributed by atoms with Gasteiger partial charge in [0.2, 0.25) is 0 Å². The van der Waals surface area contributed by atoms with Crippen LogP contribution in [0.3, 0.4) is 0 Å². The zero-order valence-electron chi connectivity index (χ0n) is 24.1. The van der Waals surface area contributed by atoms with Crippen LogP contribution in [0.25, 0.3) is 5.69 Å². The number of hydrogen-bond donors (Lipinski definition) is 1. The number of furan rings is 1. The highest BCUT2D eigenvalue weighted by Gasteiger charge is 2.13. The van der Waals surface area contributed by atoms with Gasteiger partial charge in [0.25, 0.3) is 0 Å². The number of aryl methyl sites for hydroxylation is 2. The lowest BCUT2D eigenvalue weighted by Crippen LogP contribution is -2.16. The molecule has 11 heteroatoms. The van der Waals surface area contributed by atoms with Gasteiger partial charge in [-0.05, 0) is 103 Å². The molecule has 0 spiro atoms. The first kappa shape index (κ1) is 31.3. The molecule has 3 aromatic carbocycles. The van der Waals surface area contributed by atoms with E-state index in [9.17, 15) is 4.79 Å². The lowest BCUT2D eigenvalue weighted by atomic mass is 10.2. The number of carbonyl (C=O) groups excluding carboxylic acids is 1. The van der Waals surface area contributed by atoms with Gasteiger partial charge in [0.05, 0.1) is 13.3 Å². The molecule has 0 fully saturated rings. The average Bonchev–Trinajstić information content (AvgIpc) is 3.62. The minimum atomic E-state index is -0.503. The Morgan fingerprint density at radius 3 is 2.39 bits per heavy atom. The lowest BCUT2D eigenvalue weighted by molar-refractivity contribution is 0.0923. The summed E-state index contributed by atoms with van der Waals surface area (Å²) in [4.78, 5) is 12.6. The van der Waals surface area contributed by atoms with Crippen molar-refractivity contribution in [3.63, 3.8) is 0 Å². The fourth-order valence-electron chi connectivity index (χ4n) is 4.43. The van der Waals surface area contributed by atoms with Gasteiger partial charge >= 0.3 is 5.91 Å². The second-order valence-electron chi connectivity index (χ2n) is 9.75. The molecular formula is C33H28BrCl2N3O5. The topological polar surface area (TPSA) is 87.2 Å². The van der Waals surface area contributed by atoms with Crippen molar-refractivity contribution in [2.45, 2.75) is 27.1 Å². The van der Waals surface area contributed by atoms with Crippen LogP contribution >= 0.6 is 39.1 Å². The fourth-order valence-corrected chi connectivity index (χ4v) is 5.32. The summed E-state index contributed by atoms with van der Waals surface area (Å²) in [7, 11) is 1.53. The van der Waals surface area contributed by atoms with Gasteiger partial charge in [-0.2, -0.15) is 5.10 Å². The fraction of sp³-hybridized carbons (Fsp3) is 0.152. The van der Waals surface area contributed by atoms with E-state index >= 15 is 0 Å². The quantitative estimate of drug-likeness (QED) is 0.110. The molecular weight excluding hydrogens is 669 g/mol. The molecule has 5 aromatic rings. The SMILES string of the molecule is COc1cc(/C=N/NC(=O)c2ccc(COc3ccc(-n4c(C)ccc4C)cc3)o2)c(Br)cc1OCc1ccc(Cl)cc1Cl. The monoisotopic (exact) mass is 695 g/mol. The van der Waals surface area contributed by atoms with E-state index in [1.54, 1.807) is 42.5 Å². The Balaban J connectivity index is 1.15. The van der Waals surface area contributed by atoms with Crippen molar-refractivity contribution in [3.05, 3.63) is 127 Å².